The van der Waals surface area contributed by atoms with Crippen molar-refractivity contribution in [2.45, 2.75) is 43.9 Å². The molecule has 28 heavy (non-hydrogen) atoms. The number of halogens is 3. The lowest BCUT2D eigenvalue weighted by Crippen LogP contribution is -2.40. The van der Waals surface area contributed by atoms with Crippen molar-refractivity contribution in [3.63, 3.8) is 0 Å². The van der Waals surface area contributed by atoms with Crippen molar-refractivity contribution in [3.8, 4) is 0 Å². The van der Waals surface area contributed by atoms with Crippen LogP contribution in [0.5, 0.6) is 0 Å². The molecule has 0 bridgehead atoms. The van der Waals surface area contributed by atoms with Gasteiger partial charge in [0.1, 0.15) is 0 Å². The Morgan fingerprint density at radius 1 is 0.929 bits per heavy atom. The summed E-state index contributed by atoms with van der Waals surface area (Å²) in [5.74, 6) is -0.465. The molecule has 0 radical (unpaired) electrons. The number of nitrogens with one attached hydrogen (secondary N) is 2. The number of hydrogen-bond donors (Lipinski definition) is 2. The van der Waals surface area contributed by atoms with Crippen molar-refractivity contribution in [1.82, 2.24) is 10.0 Å². The zero-order chi connectivity index (χ0) is 21.2. The molecule has 0 fully saturated rings. The lowest BCUT2D eigenvalue weighted by molar-refractivity contribution is -0.137. The van der Waals surface area contributed by atoms with E-state index in [-0.39, 0.29) is 17.0 Å². The predicted molar refractivity (Wildman–Crippen MR) is 99.1 cm³/mol. The highest BCUT2D eigenvalue weighted by Crippen LogP contribution is 2.29. The van der Waals surface area contributed by atoms with E-state index in [4.69, 9.17) is 0 Å². The Kier molecular flexibility index (Phi) is 6.20. The molecule has 0 unspecified atom stereocenters. The Bertz CT molecular complexity index is 930. The number of carbonyl (C=O) groups excluding carboxylic acids is 1. The van der Waals surface area contributed by atoms with Crippen LogP contribution < -0.4 is 10.0 Å². The summed E-state index contributed by atoms with van der Waals surface area (Å²) >= 11 is 0. The second-order valence-corrected chi connectivity index (χ2v) is 8.94. The molecule has 1 amide bonds. The maximum atomic E-state index is 12.5. The summed E-state index contributed by atoms with van der Waals surface area (Å²) < 4.78 is 64.6. The zero-order valence-corrected chi connectivity index (χ0v) is 16.4. The fourth-order valence-electron chi connectivity index (χ4n) is 2.34. The topological polar surface area (TPSA) is 75.3 Å². The van der Waals surface area contributed by atoms with Crippen LogP contribution in [0, 0.1) is 0 Å². The highest BCUT2D eigenvalue weighted by Gasteiger charge is 2.29. The summed E-state index contributed by atoms with van der Waals surface area (Å²) in [4.78, 5) is 12.2. The van der Waals surface area contributed by atoms with Gasteiger partial charge in [-0.05, 0) is 62.7 Å². The molecule has 0 aliphatic heterocycles. The number of benzene rings is 2. The van der Waals surface area contributed by atoms with E-state index in [2.05, 4.69) is 10.0 Å². The summed E-state index contributed by atoms with van der Waals surface area (Å²) in [7, 11) is -3.71. The Morgan fingerprint density at radius 2 is 1.46 bits per heavy atom. The molecule has 2 rings (SSSR count). The van der Waals surface area contributed by atoms with Gasteiger partial charge < -0.3 is 5.32 Å². The molecule has 0 aliphatic rings. The summed E-state index contributed by atoms with van der Waals surface area (Å²) in [6.45, 7) is 5.19. The van der Waals surface area contributed by atoms with Gasteiger partial charge in [-0.25, -0.2) is 13.1 Å². The van der Waals surface area contributed by atoms with Gasteiger partial charge in [-0.1, -0.05) is 12.1 Å². The van der Waals surface area contributed by atoms with Gasteiger partial charge in [-0.3, -0.25) is 4.79 Å². The van der Waals surface area contributed by atoms with E-state index in [0.29, 0.717) is 5.56 Å². The Labute approximate surface area is 162 Å². The molecule has 0 spiro atoms. The van der Waals surface area contributed by atoms with Gasteiger partial charge in [0.2, 0.25) is 10.0 Å². The van der Waals surface area contributed by atoms with Crippen LogP contribution in [0.3, 0.4) is 0 Å². The predicted octanol–water partition coefficient (Wildman–Crippen LogP) is 3.71. The van der Waals surface area contributed by atoms with Crippen molar-refractivity contribution in [3.05, 3.63) is 65.2 Å². The van der Waals surface area contributed by atoms with E-state index in [1.165, 1.54) is 36.4 Å². The molecule has 5 nitrogen and oxygen atoms in total. The van der Waals surface area contributed by atoms with Gasteiger partial charge in [0.25, 0.3) is 5.91 Å². The Morgan fingerprint density at radius 3 is 1.93 bits per heavy atom. The minimum absolute atomic E-state index is 0.0294. The normalized spacial score (nSPS) is 12.6. The molecule has 0 aromatic heterocycles. The van der Waals surface area contributed by atoms with Crippen LogP contribution in [0.4, 0.5) is 13.2 Å². The number of sulfonamides is 1. The SMILES string of the molecule is CC(C)(C)NS(=O)(=O)c1ccc(C(=O)NCc2ccc(C(F)(F)F)cc2)cc1. The molecule has 0 heterocycles. The van der Waals surface area contributed by atoms with Crippen LogP contribution in [-0.4, -0.2) is 19.9 Å². The lowest BCUT2D eigenvalue weighted by Gasteiger charge is -2.20. The third kappa shape index (κ3) is 6.07. The summed E-state index contributed by atoms with van der Waals surface area (Å²) in [5, 5.41) is 2.58. The Hall–Kier alpha value is -2.39. The average molecular weight is 414 g/mol. The van der Waals surface area contributed by atoms with Gasteiger partial charge in [-0.15, -0.1) is 0 Å². The van der Waals surface area contributed by atoms with E-state index >= 15 is 0 Å². The van der Waals surface area contributed by atoms with E-state index < -0.39 is 33.2 Å². The van der Waals surface area contributed by atoms with Crippen molar-refractivity contribution in [1.29, 1.82) is 0 Å². The van der Waals surface area contributed by atoms with Gasteiger partial charge in [0.15, 0.2) is 0 Å². The smallest absolute Gasteiger partial charge is 0.348 e. The van der Waals surface area contributed by atoms with Crippen LogP contribution in [-0.2, 0) is 22.7 Å². The Balaban J connectivity index is 2.02. The van der Waals surface area contributed by atoms with E-state index in [0.717, 1.165) is 12.1 Å². The highest BCUT2D eigenvalue weighted by atomic mass is 32.2. The minimum atomic E-state index is -4.41. The number of alkyl halides is 3. The first-order valence-electron chi connectivity index (χ1n) is 8.36. The third-order valence-electron chi connectivity index (χ3n) is 3.60. The number of amides is 1. The minimum Gasteiger partial charge on any atom is -0.348 e. The average Bonchev–Trinajstić information content (AvgIpc) is 2.57. The first-order chi connectivity index (χ1) is 12.8. The van der Waals surface area contributed by atoms with Crippen LogP contribution in [0.1, 0.15) is 42.3 Å². The fraction of sp³-hybridized carbons (Fsp3) is 0.316. The van der Waals surface area contributed by atoms with E-state index in [1.54, 1.807) is 20.8 Å². The van der Waals surface area contributed by atoms with Gasteiger partial charge >= 0.3 is 6.18 Å². The van der Waals surface area contributed by atoms with E-state index in [9.17, 15) is 26.4 Å². The highest BCUT2D eigenvalue weighted by molar-refractivity contribution is 7.89. The molecule has 9 heteroatoms. The summed E-state index contributed by atoms with van der Waals surface area (Å²) in [5.41, 5.74) is -0.656. The second-order valence-electron chi connectivity index (χ2n) is 7.26. The first-order valence-corrected chi connectivity index (χ1v) is 9.85. The van der Waals surface area contributed by atoms with Crippen LogP contribution >= 0.6 is 0 Å². The molecule has 2 aromatic carbocycles. The maximum Gasteiger partial charge on any atom is 0.416 e. The van der Waals surface area contributed by atoms with Gasteiger partial charge in [-0.2, -0.15) is 13.2 Å². The third-order valence-corrected chi connectivity index (χ3v) is 5.38. The van der Waals surface area contributed by atoms with Crippen LogP contribution in [0.15, 0.2) is 53.4 Å². The number of rotatable bonds is 5. The maximum absolute atomic E-state index is 12.5. The largest absolute Gasteiger partial charge is 0.416 e. The van der Waals surface area contributed by atoms with Crippen LogP contribution in [0.25, 0.3) is 0 Å². The molecule has 2 aromatic rings. The summed E-state index contributed by atoms with van der Waals surface area (Å²) in [6.07, 6.45) is -4.41. The molecular weight excluding hydrogens is 393 g/mol. The standard InChI is InChI=1S/C19H21F3N2O3S/c1-18(2,3)24-28(26,27)16-10-6-14(7-11-16)17(25)23-12-13-4-8-15(9-5-13)19(20,21)22/h4-11,24H,12H2,1-3H3,(H,23,25). The summed E-state index contributed by atoms with van der Waals surface area (Å²) in [6, 6.07) is 9.86. The monoisotopic (exact) mass is 414 g/mol. The van der Waals surface area contributed by atoms with Crippen molar-refractivity contribution in [2.24, 2.45) is 0 Å². The molecule has 0 saturated carbocycles. The van der Waals surface area contributed by atoms with Crippen LogP contribution in [0.2, 0.25) is 0 Å². The molecule has 0 atom stereocenters. The molecular formula is C19H21F3N2O3S. The van der Waals surface area contributed by atoms with Crippen molar-refractivity contribution < 1.29 is 26.4 Å². The quantitative estimate of drug-likeness (QED) is 0.783. The number of carbonyl (C=O) groups is 1. The van der Waals surface area contributed by atoms with Gasteiger partial charge in [0.05, 0.1) is 10.5 Å². The van der Waals surface area contributed by atoms with E-state index in [1.807, 2.05) is 0 Å². The van der Waals surface area contributed by atoms with Crippen molar-refractivity contribution in [2.75, 3.05) is 0 Å². The molecule has 152 valence electrons. The molecule has 2 N–H and O–H groups in total. The first kappa shape index (κ1) is 21.9. The van der Waals surface area contributed by atoms with Crippen molar-refractivity contribution >= 4 is 15.9 Å². The lowest BCUT2D eigenvalue weighted by atomic mass is 10.1. The molecule has 0 saturated heterocycles. The fourth-order valence-corrected chi connectivity index (χ4v) is 3.76. The van der Waals surface area contributed by atoms with Gasteiger partial charge in [0, 0.05) is 17.6 Å². The second kappa shape index (κ2) is 7.92. The zero-order valence-electron chi connectivity index (χ0n) is 15.6. The molecule has 0 aliphatic carbocycles. The number of hydrogen-bond acceptors (Lipinski definition) is 3.